The highest BCUT2D eigenvalue weighted by Crippen LogP contribution is 2.23. The van der Waals surface area contributed by atoms with E-state index in [2.05, 4.69) is 0 Å². The summed E-state index contributed by atoms with van der Waals surface area (Å²) in [5, 5.41) is 65.0. The van der Waals surface area contributed by atoms with Crippen molar-refractivity contribution in [1.29, 1.82) is 5.26 Å². The topological polar surface area (TPSA) is 164 Å². The number of ether oxygens (including phenoxy) is 2. The zero-order chi connectivity index (χ0) is 15.3. The molecule has 1 aliphatic heterocycles. The number of nitrogens with zero attached hydrogens (tertiary/aromatic N) is 1. The van der Waals surface area contributed by atoms with Crippen molar-refractivity contribution in [3.8, 4) is 6.07 Å². The van der Waals surface area contributed by atoms with Gasteiger partial charge in [-0.25, -0.2) is 0 Å². The van der Waals surface area contributed by atoms with Crippen molar-refractivity contribution < 1.29 is 40.1 Å². The molecule has 1 rings (SSSR count). The van der Waals surface area contributed by atoms with Gasteiger partial charge in [-0.1, -0.05) is 0 Å². The van der Waals surface area contributed by atoms with Crippen molar-refractivity contribution in [3.63, 3.8) is 0 Å². The van der Waals surface area contributed by atoms with Crippen LogP contribution >= 0.6 is 0 Å². The van der Waals surface area contributed by atoms with Gasteiger partial charge in [0, 0.05) is 0 Å². The number of rotatable bonds is 6. The SMILES string of the molecule is N#CC[C@@](O)(CO)CO[C@@H]1O[C@H](CO)[C@@H](O)[C@H](O)[C@H]1O. The Labute approximate surface area is 115 Å². The van der Waals surface area contributed by atoms with Crippen LogP contribution in [0.1, 0.15) is 6.42 Å². The van der Waals surface area contributed by atoms with Gasteiger partial charge < -0.3 is 40.1 Å². The van der Waals surface area contributed by atoms with Gasteiger partial charge in [0.2, 0.25) is 0 Å². The molecule has 6 atom stereocenters. The monoisotopic (exact) mass is 293 g/mol. The van der Waals surface area contributed by atoms with Gasteiger partial charge in [0.15, 0.2) is 6.29 Å². The lowest BCUT2D eigenvalue weighted by atomic mass is 9.99. The van der Waals surface area contributed by atoms with Gasteiger partial charge in [0.05, 0.1) is 32.3 Å². The van der Waals surface area contributed by atoms with Crippen LogP contribution in [0.3, 0.4) is 0 Å². The van der Waals surface area contributed by atoms with Crippen LogP contribution in [-0.2, 0) is 9.47 Å². The predicted molar refractivity (Wildman–Crippen MR) is 62.0 cm³/mol. The third kappa shape index (κ3) is 3.85. The number of aliphatic hydroxyl groups excluding tert-OH is 5. The lowest BCUT2D eigenvalue weighted by Crippen LogP contribution is -2.59. The van der Waals surface area contributed by atoms with Gasteiger partial charge >= 0.3 is 0 Å². The molecule has 0 amide bonds. The summed E-state index contributed by atoms with van der Waals surface area (Å²) in [5.41, 5.74) is -1.83. The molecule has 1 fully saturated rings. The Kier molecular flexibility index (Phi) is 6.25. The summed E-state index contributed by atoms with van der Waals surface area (Å²) in [4.78, 5) is 0. The summed E-state index contributed by atoms with van der Waals surface area (Å²) in [6, 6.07) is 1.67. The summed E-state index contributed by atoms with van der Waals surface area (Å²) in [7, 11) is 0. The highest BCUT2D eigenvalue weighted by Gasteiger charge is 2.44. The summed E-state index contributed by atoms with van der Waals surface area (Å²) >= 11 is 0. The van der Waals surface area contributed by atoms with Crippen LogP contribution in [0.25, 0.3) is 0 Å². The molecule has 116 valence electrons. The number of nitriles is 1. The molecule has 1 saturated heterocycles. The maximum atomic E-state index is 9.78. The van der Waals surface area contributed by atoms with E-state index in [4.69, 9.17) is 24.9 Å². The summed E-state index contributed by atoms with van der Waals surface area (Å²) in [6.45, 7) is -1.87. The molecule has 0 aromatic heterocycles. The van der Waals surface area contributed by atoms with Crippen molar-refractivity contribution >= 4 is 0 Å². The van der Waals surface area contributed by atoms with Gasteiger partial charge in [0.25, 0.3) is 0 Å². The van der Waals surface area contributed by atoms with E-state index in [-0.39, 0.29) is 0 Å². The van der Waals surface area contributed by atoms with Gasteiger partial charge in [-0.05, 0) is 0 Å². The van der Waals surface area contributed by atoms with E-state index in [1.165, 1.54) is 0 Å². The molecular weight excluding hydrogens is 274 g/mol. The Morgan fingerprint density at radius 3 is 2.30 bits per heavy atom. The summed E-state index contributed by atoms with van der Waals surface area (Å²) in [6.07, 6.45) is -7.65. The molecule has 0 aliphatic carbocycles. The summed E-state index contributed by atoms with van der Waals surface area (Å²) < 4.78 is 10.1. The van der Waals surface area contributed by atoms with Crippen LogP contribution in [0.2, 0.25) is 0 Å². The summed E-state index contributed by atoms with van der Waals surface area (Å²) in [5.74, 6) is 0. The first-order chi connectivity index (χ1) is 9.38. The van der Waals surface area contributed by atoms with E-state index in [9.17, 15) is 20.4 Å². The minimum Gasteiger partial charge on any atom is -0.394 e. The zero-order valence-corrected chi connectivity index (χ0v) is 10.7. The smallest absolute Gasteiger partial charge is 0.186 e. The maximum Gasteiger partial charge on any atom is 0.186 e. The van der Waals surface area contributed by atoms with E-state index in [0.29, 0.717) is 0 Å². The second-order valence-corrected chi connectivity index (χ2v) is 4.73. The minimum atomic E-state index is -1.83. The predicted octanol–water partition coefficient (Wildman–Crippen LogP) is -3.56. The lowest BCUT2D eigenvalue weighted by Gasteiger charge is -2.40. The average Bonchev–Trinajstić information content (AvgIpc) is 2.44. The van der Waals surface area contributed by atoms with Gasteiger partial charge in [0.1, 0.15) is 30.0 Å². The number of hydrogen-bond donors (Lipinski definition) is 6. The molecule has 0 radical (unpaired) electrons. The first-order valence-corrected chi connectivity index (χ1v) is 6.01. The molecule has 1 heterocycles. The Morgan fingerprint density at radius 1 is 1.15 bits per heavy atom. The first kappa shape index (κ1) is 17.2. The number of hydrogen-bond acceptors (Lipinski definition) is 9. The van der Waals surface area contributed by atoms with E-state index in [1.54, 1.807) is 6.07 Å². The standard InChI is InChI=1S/C11H19NO8/c12-2-1-11(18,4-14)5-19-10-9(17)8(16)7(15)6(3-13)20-10/h6-10,13-18H,1,3-5H2/t6-,7-,8+,9-,10-,11-/m1/s1. The molecule has 6 N–H and O–H groups in total. The van der Waals surface area contributed by atoms with Crippen LogP contribution in [0.15, 0.2) is 0 Å². The fourth-order valence-corrected chi connectivity index (χ4v) is 1.74. The lowest BCUT2D eigenvalue weighted by molar-refractivity contribution is -0.309. The average molecular weight is 293 g/mol. The molecule has 20 heavy (non-hydrogen) atoms. The fraction of sp³-hybridized carbons (Fsp3) is 0.909. The second-order valence-electron chi connectivity index (χ2n) is 4.73. The third-order valence-electron chi connectivity index (χ3n) is 3.07. The highest BCUT2D eigenvalue weighted by atomic mass is 16.7. The Balaban J connectivity index is 2.64. The zero-order valence-electron chi connectivity index (χ0n) is 10.7. The maximum absolute atomic E-state index is 9.78. The Hall–Kier alpha value is -0.830. The Morgan fingerprint density at radius 2 is 1.80 bits per heavy atom. The molecule has 0 unspecified atom stereocenters. The van der Waals surface area contributed by atoms with Crippen molar-refractivity contribution in [1.82, 2.24) is 0 Å². The first-order valence-electron chi connectivity index (χ1n) is 6.01. The van der Waals surface area contributed by atoms with Crippen molar-refractivity contribution in [3.05, 3.63) is 0 Å². The van der Waals surface area contributed by atoms with Crippen LogP contribution in [0.5, 0.6) is 0 Å². The molecule has 0 bridgehead atoms. The van der Waals surface area contributed by atoms with Crippen molar-refractivity contribution in [2.24, 2.45) is 0 Å². The van der Waals surface area contributed by atoms with Crippen LogP contribution in [0, 0.1) is 11.3 Å². The molecule has 1 aliphatic rings. The van der Waals surface area contributed by atoms with E-state index in [1.807, 2.05) is 0 Å². The quantitative estimate of drug-likeness (QED) is 0.291. The van der Waals surface area contributed by atoms with Crippen LogP contribution in [-0.4, -0.2) is 86.8 Å². The molecule has 0 aromatic carbocycles. The molecule has 9 nitrogen and oxygen atoms in total. The van der Waals surface area contributed by atoms with E-state index < -0.39 is 62.5 Å². The fourth-order valence-electron chi connectivity index (χ4n) is 1.74. The van der Waals surface area contributed by atoms with E-state index >= 15 is 0 Å². The molecular formula is C11H19NO8. The largest absolute Gasteiger partial charge is 0.394 e. The molecule has 0 saturated carbocycles. The molecule has 0 spiro atoms. The number of aliphatic hydroxyl groups is 6. The minimum absolute atomic E-state index is 0.402. The van der Waals surface area contributed by atoms with E-state index in [0.717, 1.165) is 0 Å². The van der Waals surface area contributed by atoms with Gasteiger partial charge in [-0.2, -0.15) is 5.26 Å². The van der Waals surface area contributed by atoms with Crippen LogP contribution in [0.4, 0.5) is 0 Å². The Bertz CT molecular complexity index is 346. The van der Waals surface area contributed by atoms with Gasteiger partial charge in [-0.15, -0.1) is 0 Å². The second kappa shape index (κ2) is 7.26. The van der Waals surface area contributed by atoms with Crippen molar-refractivity contribution in [2.45, 2.75) is 42.7 Å². The molecule has 0 aromatic rings. The van der Waals surface area contributed by atoms with Crippen LogP contribution < -0.4 is 0 Å². The van der Waals surface area contributed by atoms with Gasteiger partial charge in [-0.3, -0.25) is 0 Å². The normalized spacial score (nSPS) is 37.1. The van der Waals surface area contributed by atoms with Crippen molar-refractivity contribution in [2.75, 3.05) is 19.8 Å². The molecule has 9 heteroatoms. The highest BCUT2D eigenvalue weighted by molar-refractivity contribution is 4.91. The third-order valence-corrected chi connectivity index (χ3v) is 3.07.